The molecule has 0 aliphatic carbocycles. The topological polar surface area (TPSA) is 38.5 Å². The van der Waals surface area contributed by atoms with Gasteiger partial charge in [-0.25, -0.2) is 0 Å². The van der Waals surface area contributed by atoms with Gasteiger partial charge in [-0.05, 0) is 57.0 Å². The molecule has 1 aliphatic rings. The maximum absolute atomic E-state index is 5.69. The second kappa shape index (κ2) is 8.89. The number of piperidine rings is 1. The van der Waals surface area contributed by atoms with E-state index in [-0.39, 0.29) is 0 Å². The lowest BCUT2D eigenvalue weighted by Crippen LogP contribution is -2.37. The minimum absolute atomic E-state index is 0.502. The molecule has 0 aromatic heterocycles. The zero-order valence-corrected chi connectivity index (χ0v) is 12.5. The van der Waals surface area contributed by atoms with Crippen molar-refractivity contribution in [2.45, 2.75) is 52.1 Å². The molecule has 0 spiro atoms. The second-order valence-electron chi connectivity index (χ2n) is 6.00. The molecule has 1 heterocycles. The molecule has 2 N–H and O–H groups in total. The Bertz CT molecular complexity index is 201. The smallest absolute Gasteiger partial charge is 0.0595 e. The van der Waals surface area contributed by atoms with E-state index in [1.54, 1.807) is 0 Å². The summed E-state index contributed by atoms with van der Waals surface area (Å²) < 4.78 is 5.40. The molecule has 0 amide bonds. The van der Waals surface area contributed by atoms with Gasteiger partial charge in [0.05, 0.1) is 6.10 Å². The molecule has 0 aromatic carbocycles. The van der Waals surface area contributed by atoms with Crippen LogP contribution in [0.25, 0.3) is 0 Å². The zero-order valence-electron chi connectivity index (χ0n) is 12.5. The van der Waals surface area contributed by atoms with Crippen LogP contribution in [0.5, 0.6) is 0 Å². The summed E-state index contributed by atoms with van der Waals surface area (Å²) in [6.07, 6.45) is 6.74. The molecule has 0 radical (unpaired) electrons. The van der Waals surface area contributed by atoms with E-state index in [4.69, 9.17) is 10.5 Å². The van der Waals surface area contributed by atoms with Crippen molar-refractivity contribution >= 4 is 0 Å². The quantitative estimate of drug-likeness (QED) is 0.725. The molecule has 0 bridgehead atoms. The number of nitrogens with two attached hydrogens (primary N) is 1. The molecule has 0 aromatic rings. The van der Waals surface area contributed by atoms with Gasteiger partial charge in [0.15, 0.2) is 0 Å². The van der Waals surface area contributed by atoms with Crippen LogP contribution in [0, 0.1) is 11.8 Å². The predicted molar refractivity (Wildman–Crippen MR) is 77.7 cm³/mol. The Balaban J connectivity index is 2.13. The Kier molecular flexibility index (Phi) is 7.87. The van der Waals surface area contributed by atoms with Crippen molar-refractivity contribution in [3.05, 3.63) is 0 Å². The normalized spacial score (nSPS) is 20.5. The SMILES string of the molecule is COC1CCN(CCCC(CCN)C(C)C)CC1. The lowest BCUT2D eigenvalue weighted by Gasteiger charge is -2.31. The summed E-state index contributed by atoms with van der Waals surface area (Å²) in [5.41, 5.74) is 5.69. The zero-order chi connectivity index (χ0) is 13.4. The summed E-state index contributed by atoms with van der Waals surface area (Å²) in [6.45, 7) is 9.16. The fourth-order valence-electron chi connectivity index (χ4n) is 2.97. The van der Waals surface area contributed by atoms with Gasteiger partial charge in [-0.1, -0.05) is 13.8 Å². The van der Waals surface area contributed by atoms with Gasteiger partial charge >= 0.3 is 0 Å². The van der Waals surface area contributed by atoms with E-state index in [1.807, 2.05) is 7.11 Å². The molecular formula is C15H32N2O. The standard InChI is InChI=1S/C15H32N2O/c1-13(2)14(6-9-16)5-4-10-17-11-7-15(18-3)8-12-17/h13-15H,4-12,16H2,1-3H3. The third kappa shape index (κ3) is 5.68. The molecule has 3 heteroatoms. The molecule has 1 rings (SSSR count). The summed E-state index contributed by atoms with van der Waals surface area (Å²) in [7, 11) is 1.83. The van der Waals surface area contributed by atoms with Crippen molar-refractivity contribution in [2.24, 2.45) is 17.6 Å². The highest BCUT2D eigenvalue weighted by Gasteiger charge is 2.19. The lowest BCUT2D eigenvalue weighted by atomic mass is 9.88. The Morgan fingerprint density at radius 1 is 1.22 bits per heavy atom. The summed E-state index contributed by atoms with van der Waals surface area (Å²) in [5, 5.41) is 0. The third-order valence-corrected chi connectivity index (χ3v) is 4.40. The number of methoxy groups -OCH3 is 1. The maximum Gasteiger partial charge on any atom is 0.0595 e. The van der Waals surface area contributed by atoms with Crippen molar-refractivity contribution in [1.29, 1.82) is 0 Å². The van der Waals surface area contributed by atoms with E-state index in [9.17, 15) is 0 Å². The van der Waals surface area contributed by atoms with Gasteiger partial charge in [0.2, 0.25) is 0 Å². The minimum Gasteiger partial charge on any atom is -0.381 e. The summed E-state index contributed by atoms with van der Waals surface area (Å²) >= 11 is 0. The Hall–Kier alpha value is -0.120. The molecule has 1 aliphatic heterocycles. The fourth-order valence-corrected chi connectivity index (χ4v) is 2.97. The van der Waals surface area contributed by atoms with Gasteiger partial charge in [-0.2, -0.15) is 0 Å². The third-order valence-electron chi connectivity index (χ3n) is 4.40. The van der Waals surface area contributed by atoms with E-state index in [0.29, 0.717) is 6.10 Å². The highest BCUT2D eigenvalue weighted by atomic mass is 16.5. The highest BCUT2D eigenvalue weighted by Crippen LogP contribution is 2.21. The van der Waals surface area contributed by atoms with Gasteiger partial charge in [0, 0.05) is 20.2 Å². The van der Waals surface area contributed by atoms with Crippen molar-refractivity contribution in [1.82, 2.24) is 4.90 Å². The Morgan fingerprint density at radius 2 is 1.89 bits per heavy atom. The van der Waals surface area contributed by atoms with E-state index in [2.05, 4.69) is 18.7 Å². The average Bonchev–Trinajstić information content (AvgIpc) is 2.38. The van der Waals surface area contributed by atoms with Gasteiger partial charge in [-0.3, -0.25) is 0 Å². The molecule has 1 atom stereocenters. The van der Waals surface area contributed by atoms with E-state index in [1.165, 1.54) is 51.7 Å². The minimum atomic E-state index is 0.502. The number of ether oxygens (including phenoxy) is 1. The van der Waals surface area contributed by atoms with Crippen LogP contribution in [0.3, 0.4) is 0 Å². The van der Waals surface area contributed by atoms with E-state index in [0.717, 1.165) is 18.4 Å². The fraction of sp³-hybridized carbons (Fsp3) is 1.00. The first-order valence-electron chi connectivity index (χ1n) is 7.62. The van der Waals surface area contributed by atoms with Crippen LogP contribution < -0.4 is 5.73 Å². The summed E-state index contributed by atoms with van der Waals surface area (Å²) in [5.74, 6) is 1.58. The van der Waals surface area contributed by atoms with Crippen LogP contribution in [-0.4, -0.2) is 44.3 Å². The van der Waals surface area contributed by atoms with Gasteiger partial charge < -0.3 is 15.4 Å². The first-order chi connectivity index (χ1) is 8.67. The summed E-state index contributed by atoms with van der Waals surface area (Å²) in [4.78, 5) is 2.59. The number of rotatable bonds is 8. The van der Waals surface area contributed by atoms with Crippen LogP contribution >= 0.6 is 0 Å². The van der Waals surface area contributed by atoms with Crippen LogP contribution in [0.2, 0.25) is 0 Å². The largest absolute Gasteiger partial charge is 0.381 e. The van der Waals surface area contributed by atoms with Crippen LogP contribution in [0.1, 0.15) is 46.0 Å². The molecule has 3 nitrogen and oxygen atoms in total. The van der Waals surface area contributed by atoms with Crippen molar-refractivity contribution in [3.8, 4) is 0 Å². The van der Waals surface area contributed by atoms with Crippen molar-refractivity contribution in [2.75, 3.05) is 33.3 Å². The Labute approximate surface area is 113 Å². The van der Waals surface area contributed by atoms with Crippen molar-refractivity contribution in [3.63, 3.8) is 0 Å². The molecule has 1 saturated heterocycles. The maximum atomic E-state index is 5.69. The predicted octanol–water partition coefficient (Wildman–Crippen LogP) is 2.50. The molecular weight excluding hydrogens is 224 g/mol. The van der Waals surface area contributed by atoms with Crippen LogP contribution in [-0.2, 0) is 4.74 Å². The van der Waals surface area contributed by atoms with Gasteiger partial charge in [0.25, 0.3) is 0 Å². The first kappa shape index (κ1) is 15.9. The number of likely N-dealkylation sites (tertiary alicyclic amines) is 1. The molecule has 1 unspecified atom stereocenters. The number of nitrogens with zero attached hydrogens (tertiary/aromatic N) is 1. The van der Waals surface area contributed by atoms with Gasteiger partial charge in [0.1, 0.15) is 0 Å². The lowest BCUT2D eigenvalue weighted by molar-refractivity contribution is 0.0402. The second-order valence-corrected chi connectivity index (χ2v) is 6.00. The molecule has 18 heavy (non-hydrogen) atoms. The molecule has 0 saturated carbocycles. The Morgan fingerprint density at radius 3 is 2.39 bits per heavy atom. The van der Waals surface area contributed by atoms with Crippen LogP contribution in [0.4, 0.5) is 0 Å². The number of hydrogen-bond donors (Lipinski definition) is 1. The first-order valence-corrected chi connectivity index (χ1v) is 7.62. The molecule has 1 fully saturated rings. The summed E-state index contributed by atoms with van der Waals surface area (Å²) in [6, 6.07) is 0. The van der Waals surface area contributed by atoms with Gasteiger partial charge in [-0.15, -0.1) is 0 Å². The van der Waals surface area contributed by atoms with Crippen LogP contribution in [0.15, 0.2) is 0 Å². The van der Waals surface area contributed by atoms with Crippen molar-refractivity contribution < 1.29 is 4.74 Å². The monoisotopic (exact) mass is 256 g/mol. The average molecular weight is 256 g/mol. The molecule has 108 valence electrons. The van der Waals surface area contributed by atoms with E-state index >= 15 is 0 Å². The number of hydrogen-bond acceptors (Lipinski definition) is 3. The van der Waals surface area contributed by atoms with E-state index < -0.39 is 0 Å². The highest BCUT2D eigenvalue weighted by molar-refractivity contribution is 4.73.